The van der Waals surface area contributed by atoms with E-state index in [1.165, 1.54) is 7.11 Å². The van der Waals surface area contributed by atoms with Gasteiger partial charge in [0, 0.05) is 6.42 Å². The monoisotopic (exact) mass is 236 g/mol. The van der Waals surface area contributed by atoms with Crippen molar-refractivity contribution in [1.82, 2.24) is 5.06 Å². The summed E-state index contributed by atoms with van der Waals surface area (Å²) in [6.07, 6.45) is -0.405. The zero-order valence-corrected chi connectivity index (χ0v) is 9.70. The van der Waals surface area contributed by atoms with Gasteiger partial charge in [0.05, 0.1) is 19.8 Å². The number of hydrogen-bond donors (Lipinski definition) is 1. The minimum absolute atomic E-state index is 0.278. The molecule has 0 aromatic heterocycles. The average molecular weight is 236 g/mol. The van der Waals surface area contributed by atoms with Gasteiger partial charge in [-0.1, -0.05) is 30.3 Å². The van der Waals surface area contributed by atoms with Crippen molar-refractivity contribution in [2.75, 3.05) is 7.11 Å². The van der Waals surface area contributed by atoms with Crippen LogP contribution in [-0.4, -0.2) is 30.4 Å². The Labute approximate surface area is 100 Å². The highest BCUT2D eigenvalue weighted by Crippen LogP contribution is 2.21. The van der Waals surface area contributed by atoms with Crippen molar-refractivity contribution in [3.05, 3.63) is 35.9 Å². The van der Waals surface area contributed by atoms with E-state index >= 15 is 0 Å². The fraction of sp³-hybridized carbons (Fsp3) is 0.417. The molecule has 2 N–H and O–H groups in total. The van der Waals surface area contributed by atoms with E-state index in [4.69, 9.17) is 10.6 Å². The molecule has 17 heavy (non-hydrogen) atoms. The van der Waals surface area contributed by atoms with Crippen LogP contribution in [0, 0.1) is 0 Å². The Morgan fingerprint density at radius 2 is 2.24 bits per heavy atom. The highest BCUT2D eigenvalue weighted by molar-refractivity contribution is 5.74. The summed E-state index contributed by atoms with van der Waals surface area (Å²) in [7, 11) is 1.34. The molecule has 0 amide bonds. The van der Waals surface area contributed by atoms with Crippen LogP contribution in [0.1, 0.15) is 12.0 Å². The topological polar surface area (TPSA) is 64.8 Å². The third kappa shape index (κ3) is 2.82. The molecule has 1 aliphatic rings. The molecule has 5 nitrogen and oxygen atoms in total. The van der Waals surface area contributed by atoms with Crippen LogP contribution in [0.4, 0.5) is 0 Å². The molecule has 0 unspecified atom stereocenters. The van der Waals surface area contributed by atoms with Crippen molar-refractivity contribution in [2.45, 2.75) is 25.2 Å². The zero-order chi connectivity index (χ0) is 12.3. The molecule has 0 aliphatic carbocycles. The number of rotatable bonds is 3. The van der Waals surface area contributed by atoms with E-state index in [1.807, 2.05) is 30.3 Å². The maximum Gasteiger partial charge on any atom is 0.337 e. The Bertz CT molecular complexity index is 383. The minimum Gasteiger partial charge on any atom is -0.467 e. The van der Waals surface area contributed by atoms with Crippen LogP contribution < -0.4 is 5.73 Å². The van der Waals surface area contributed by atoms with Gasteiger partial charge in [0.25, 0.3) is 0 Å². The molecular formula is C12H16N2O3. The van der Waals surface area contributed by atoms with Crippen molar-refractivity contribution < 1.29 is 14.4 Å². The van der Waals surface area contributed by atoms with Crippen molar-refractivity contribution in [3.63, 3.8) is 0 Å². The maximum atomic E-state index is 11.3. The number of nitrogens with two attached hydrogens (primary N) is 1. The van der Waals surface area contributed by atoms with E-state index in [0.717, 1.165) is 5.56 Å². The van der Waals surface area contributed by atoms with Gasteiger partial charge in [0.1, 0.15) is 0 Å². The van der Waals surface area contributed by atoms with Crippen LogP contribution in [0.3, 0.4) is 0 Å². The largest absolute Gasteiger partial charge is 0.467 e. The summed E-state index contributed by atoms with van der Waals surface area (Å²) in [5.41, 5.74) is 6.99. The lowest BCUT2D eigenvalue weighted by Crippen LogP contribution is -2.34. The maximum absolute atomic E-state index is 11.3. The first-order chi connectivity index (χ1) is 8.20. The molecule has 0 saturated carbocycles. The number of carbonyl (C=O) groups is 1. The van der Waals surface area contributed by atoms with Gasteiger partial charge < -0.3 is 10.5 Å². The van der Waals surface area contributed by atoms with Crippen LogP contribution in [-0.2, 0) is 20.9 Å². The molecular weight excluding hydrogens is 220 g/mol. The van der Waals surface area contributed by atoms with Gasteiger partial charge in [-0.25, -0.2) is 4.79 Å². The molecule has 2 atom stereocenters. The van der Waals surface area contributed by atoms with Crippen LogP contribution >= 0.6 is 0 Å². The molecule has 1 aliphatic heterocycles. The average Bonchev–Trinajstić information content (AvgIpc) is 2.71. The van der Waals surface area contributed by atoms with Gasteiger partial charge in [-0.3, -0.25) is 4.84 Å². The zero-order valence-electron chi connectivity index (χ0n) is 9.70. The van der Waals surface area contributed by atoms with Gasteiger partial charge in [0.2, 0.25) is 0 Å². The van der Waals surface area contributed by atoms with Crippen molar-refractivity contribution >= 4 is 5.97 Å². The smallest absolute Gasteiger partial charge is 0.337 e. The number of esters is 1. The third-order valence-electron chi connectivity index (χ3n) is 2.73. The standard InChI is InChI=1S/C12H16N2O3/c1-16-12(15)10-7-11(13)14(17-10)8-9-5-3-2-4-6-9/h2-6,10-11H,7-8,13H2,1H3/t10-,11+/m1/s1. The number of hydrogen-bond acceptors (Lipinski definition) is 5. The molecule has 2 rings (SSSR count). The van der Waals surface area contributed by atoms with E-state index in [9.17, 15) is 4.79 Å². The van der Waals surface area contributed by atoms with Crippen LogP contribution in [0.15, 0.2) is 30.3 Å². The predicted octanol–water partition coefficient (Wildman–Crippen LogP) is 0.650. The van der Waals surface area contributed by atoms with Crippen LogP contribution in [0.5, 0.6) is 0 Å². The summed E-state index contributed by atoms with van der Waals surface area (Å²) in [5.74, 6) is -0.379. The van der Waals surface area contributed by atoms with Crippen LogP contribution in [0.25, 0.3) is 0 Å². The Kier molecular flexibility index (Phi) is 3.73. The molecule has 0 spiro atoms. The molecule has 5 heteroatoms. The Morgan fingerprint density at radius 1 is 1.53 bits per heavy atom. The lowest BCUT2D eigenvalue weighted by atomic mass is 10.2. The summed E-state index contributed by atoms with van der Waals surface area (Å²) in [6, 6.07) is 9.83. The number of methoxy groups -OCH3 is 1. The molecule has 0 bridgehead atoms. The number of benzene rings is 1. The van der Waals surface area contributed by atoms with Crippen LogP contribution in [0.2, 0.25) is 0 Å². The number of hydroxylamine groups is 2. The minimum atomic E-state index is -0.585. The fourth-order valence-electron chi connectivity index (χ4n) is 1.81. The number of ether oxygens (including phenoxy) is 1. The first-order valence-electron chi connectivity index (χ1n) is 5.51. The number of carbonyl (C=O) groups excluding carboxylic acids is 1. The molecule has 0 radical (unpaired) electrons. The van der Waals surface area contributed by atoms with Gasteiger partial charge >= 0.3 is 5.97 Å². The summed E-state index contributed by atoms with van der Waals surface area (Å²) < 4.78 is 4.63. The summed E-state index contributed by atoms with van der Waals surface area (Å²) in [6.45, 7) is 0.565. The molecule has 92 valence electrons. The van der Waals surface area contributed by atoms with E-state index in [0.29, 0.717) is 13.0 Å². The van der Waals surface area contributed by atoms with Gasteiger partial charge in [-0.15, -0.1) is 0 Å². The Balaban J connectivity index is 1.97. The summed E-state index contributed by atoms with van der Waals surface area (Å²) >= 11 is 0. The second-order valence-corrected chi connectivity index (χ2v) is 3.98. The number of nitrogens with zero attached hydrogens (tertiary/aromatic N) is 1. The highest BCUT2D eigenvalue weighted by atomic mass is 16.7. The second kappa shape index (κ2) is 5.27. The van der Waals surface area contributed by atoms with E-state index < -0.39 is 6.10 Å². The van der Waals surface area contributed by atoms with E-state index in [2.05, 4.69) is 4.74 Å². The van der Waals surface area contributed by atoms with Crippen molar-refractivity contribution in [2.24, 2.45) is 5.73 Å². The lowest BCUT2D eigenvalue weighted by molar-refractivity contribution is -0.190. The van der Waals surface area contributed by atoms with E-state index in [-0.39, 0.29) is 12.1 Å². The molecule has 1 fully saturated rings. The molecule has 1 aromatic rings. The van der Waals surface area contributed by atoms with Gasteiger partial charge in [-0.2, -0.15) is 5.06 Å². The second-order valence-electron chi connectivity index (χ2n) is 3.98. The lowest BCUT2D eigenvalue weighted by Gasteiger charge is -2.19. The molecule has 1 saturated heterocycles. The fourth-order valence-corrected chi connectivity index (χ4v) is 1.81. The summed E-state index contributed by atoms with van der Waals surface area (Å²) in [5, 5.41) is 1.62. The van der Waals surface area contributed by atoms with E-state index in [1.54, 1.807) is 5.06 Å². The van der Waals surface area contributed by atoms with Gasteiger partial charge in [-0.05, 0) is 5.56 Å². The van der Waals surface area contributed by atoms with Gasteiger partial charge in [0.15, 0.2) is 6.10 Å². The van der Waals surface area contributed by atoms with Crippen molar-refractivity contribution in [1.29, 1.82) is 0 Å². The molecule has 1 aromatic carbocycles. The molecule has 1 heterocycles. The highest BCUT2D eigenvalue weighted by Gasteiger charge is 2.36. The SMILES string of the molecule is COC(=O)[C@H]1C[C@@H](N)N(Cc2ccccc2)O1. The Hall–Kier alpha value is -1.43. The normalized spacial score (nSPS) is 24.8. The van der Waals surface area contributed by atoms with Crippen molar-refractivity contribution in [3.8, 4) is 0 Å². The first-order valence-corrected chi connectivity index (χ1v) is 5.51. The Morgan fingerprint density at radius 3 is 2.88 bits per heavy atom. The quantitative estimate of drug-likeness (QED) is 0.781. The first kappa shape index (κ1) is 12.0. The third-order valence-corrected chi connectivity index (χ3v) is 2.73. The predicted molar refractivity (Wildman–Crippen MR) is 61.5 cm³/mol. The summed E-state index contributed by atoms with van der Waals surface area (Å²) in [4.78, 5) is 16.8.